The molecule has 1 atom stereocenters. The zero-order chi connectivity index (χ0) is 11.3. The average molecular weight is 205 g/mol. The quantitative estimate of drug-likeness (QED) is 0.782. The fourth-order valence-corrected chi connectivity index (χ4v) is 2.04. The van der Waals surface area contributed by atoms with Crippen molar-refractivity contribution < 1.29 is 0 Å². The summed E-state index contributed by atoms with van der Waals surface area (Å²) in [7, 11) is 0. The molecule has 0 aliphatic rings. The van der Waals surface area contributed by atoms with Gasteiger partial charge in [0.15, 0.2) is 0 Å². The van der Waals surface area contributed by atoms with Gasteiger partial charge in [-0.3, -0.25) is 0 Å². The highest BCUT2D eigenvalue weighted by atomic mass is 14.5. The van der Waals surface area contributed by atoms with Crippen molar-refractivity contribution in [1.29, 1.82) is 0 Å². The van der Waals surface area contributed by atoms with E-state index < -0.39 is 0 Å². The van der Waals surface area contributed by atoms with Crippen LogP contribution >= 0.6 is 0 Å². The van der Waals surface area contributed by atoms with Gasteiger partial charge in [-0.25, -0.2) is 0 Å². The summed E-state index contributed by atoms with van der Waals surface area (Å²) in [5, 5.41) is 0. The molecule has 2 N–H and O–H groups in total. The van der Waals surface area contributed by atoms with Crippen molar-refractivity contribution in [2.45, 2.75) is 39.5 Å². The van der Waals surface area contributed by atoms with E-state index in [0.29, 0.717) is 11.8 Å². The molecule has 0 saturated heterocycles. The molecule has 0 radical (unpaired) electrons. The van der Waals surface area contributed by atoms with Gasteiger partial charge >= 0.3 is 0 Å². The molecule has 1 heteroatoms. The summed E-state index contributed by atoms with van der Waals surface area (Å²) in [5.41, 5.74) is 8.37. The van der Waals surface area contributed by atoms with E-state index in [1.165, 1.54) is 17.5 Å². The molecular weight excluding hydrogens is 182 g/mol. The number of hydrogen-bond acceptors (Lipinski definition) is 1. The average Bonchev–Trinajstić information content (AvgIpc) is 2.21. The highest BCUT2D eigenvalue weighted by molar-refractivity contribution is 5.24. The van der Waals surface area contributed by atoms with Crippen LogP contribution in [0.15, 0.2) is 24.3 Å². The molecule has 1 rings (SSSR count). The van der Waals surface area contributed by atoms with Crippen LogP contribution in [-0.2, 0) is 0 Å². The molecule has 0 heterocycles. The van der Waals surface area contributed by atoms with E-state index >= 15 is 0 Å². The van der Waals surface area contributed by atoms with E-state index in [2.05, 4.69) is 45.0 Å². The summed E-state index contributed by atoms with van der Waals surface area (Å²) < 4.78 is 0. The van der Waals surface area contributed by atoms with Gasteiger partial charge < -0.3 is 5.73 Å². The number of rotatable bonds is 5. The Morgan fingerprint density at radius 3 is 2.20 bits per heavy atom. The molecular formula is C14H23N. The van der Waals surface area contributed by atoms with Crippen molar-refractivity contribution in [1.82, 2.24) is 0 Å². The third-order valence-corrected chi connectivity index (χ3v) is 3.03. The highest BCUT2D eigenvalue weighted by Crippen LogP contribution is 2.28. The van der Waals surface area contributed by atoms with E-state index in [0.717, 1.165) is 13.0 Å². The SMILES string of the molecule is Cc1ccc(C(CCCN)C(C)C)cc1. The monoisotopic (exact) mass is 205 g/mol. The Hall–Kier alpha value is -0.820. The van der Waals surface area contributed by atoms with Crippen LogP contribution in [0.2, 0.25) is 0 Å². The minimum absolute atomic E-state index is 0.661. The maximum absolute atomic E-state index is 5.58. The lowest BCUT2D eigenvalue weighted by molar-refractivity contribution is 0.458. The molecule has 0 spiro atoms. The molecule has 0 aliphatic heterocycles. The number of hydrogen-bond donors (Lipinski definition) is 1. The zero-order valence-corrected chi connectivity index (χ0v) is 10.2. The molecule has 0 fully saturated rings. The second-order valence-electron chi connectivity index (χ2n) is 4.69. The second-order valence-corrected chi connectivity index (χ2v) is 4.69. The van der Waals surface area contributed by atoms with E-state index in [1.807, 2.05) is 0 Å². The van der Waals surface area contributed by atoms with Gasteiger partial charge in [0.25, 0.3) is 0 Å². The van der Waals surface area contributed by atoms with Crippen LogP contribution in [0.5, 0.6) is 0 Å². The molecule has 1 nitrogen and oxygen atoms in total. The summed E-state index contributed by atoms with van der Waals surface area (Å²) in [5.74, 6) is 1.36. The van der Waals surface area contributed by atoms with Gasteiger partial charge in [0.1, 0.15) is 0 Å². The van der Waals surface area contributed by atoms with E-state index in [4.69, 9.17) is 5.73 Å². The van der Waals surface area contributed by atoms with Gasteiger partial charge in [-0.05, 0) is 43.7 Å². The standard InChI is InChI=1S/C14H23N/c1-11(2)14(5-4-10-15)13-8-6-12(3)7-9-13/h6-9,11,14H,4-5,10,15H2,1-3H3. The first-order valence-electron chi connectivity index (χ1n) is 5.91. The van der Waals surface area contributed by atoms with Crippen LogP contribution in [0.1, 0.15) is 43.7 Å². The Morgan fingerprint density at radius 2 is 1.73 bits per heavy atom. The van der Waals surface area contributed by atoms with E-state index in [-0.39, 0.29) is 0 Å². The number of benzene rings is 1. The Kier molecular flexibility index (Phi) is 4.83. The Morgan fingerprint density at radius 1 is 1.13 bits per heavy atom. The zero-order valence-electron chi connectivity index (χ0n) is 10.2. The fourth-order valence-electron chi connectivity index (χ4n) is 2.04. The summed E-state index contributed by atoms with van der Waals surface area (Å²) >= 11 is 0. The predicted octanol–water partition coefficient (Wildman–Crippen LogP) is 3.47. The van der Waals surface area contributed by atoms with E-state index in [9.17, 15) is 0 Å². The summed E-state index contributed by atoms with van der Waals surface area (Å²) in [6, 6.07) is 8.92. The molecule has 0 amide bonds. The Labute approximate surface area is 93.7 Å². The van der Waals surface area contributed by atoms with Gasteiger partial charge in [-0.1, -0.05) is 43.7 Å². The molecule has 84 valence electrons. The van der Waals surface area contributed by atoms with Crippen molar-refractivity contribution in [3.05, 3.63) is 35.4 Å². The van der Waals surface area contributed by atoms with Gasteiger partial charge in [0.05, 0.1) is 0 Å². The largest absolute Gasteiger partial charge is 0.330 e. The normalized spacial score (nSPS) is 13.1. The van der Waals surface area contributed by atoms with Gasteiger partial charge in [0.2, 0.25) is 0 Å². The Bertz CT molecular complexity index is 274. The van der Waals surface area contributed by atoms with Crippen molar-refractivity contribution in [3.63, 3.8) is 0 Å². The lowest BCUT2D eigenvalue weighted by atomic mass is 9.84. The van der Waals surface area contributed by atoms with Crippen LogP contribution in [0.25, 0.3) is 0 Å². The van der Waals surface area contributed by atoms with Crippen LogP contribution < -0.4 is 5.73 Å². The topological polar surface area (TPSA) is 26.0 Å². The van der Waals surface area contributed by atoms with Crippen molar-refractivity contribution >= 4 is 0 Å². The second kappa shape index (κ2) is 5.92. The molecule has 1 aromatic rings. The summed E-state index contributed by atoms with van der Waals surface area (Å²) in [6.07, 6.45) is 2.33. The van der Waals surface area contributed by atoms with Crippen molar-refractivity contribution in [2.24, 2.45) is 11.7 Å². The van der Waals surface area contributed by atoms with Gasteiger partial charge in [0, 0.05) is 0 Å². The Balaban J connectivity index is 2.74. The molecule has 0 aliphatic carbocycles. The van der Waals surface area contributed by atoms with Crippen LogP contribution in [0, 0.1) is 12.8 Å². The number of nitrogens with two attached hydrogens (primary N) is 1. The van der Waals surface area contributed by atoms with Crippen molar-refractivity contribution in [2.75, 3.05) is 6.54 Å². The lowest BCUT2D eigenvalue weighted by Gasteiger charge is -2.21. The van der Waals surface area contributed by atoms with Crippen molar-refractivity contribution in [3.8, 4) is 0 Å². The summed E-state index contributed by atoms with van der Waals surface area (Å²) in [4.78, 5) is 0. The first-order chi connectivity index (χ1) is 7.15. The number of aryl methyl sites for hydroxylation is 1. The smallest absolute Gasteiger partial charge is 0.00771 e. The maximum atomic E-state index is 5.58. The molecule has 1 aromatic carbocycles. The van der Waals surface area contributed by atoms with Crippen LogP contribution in [0.4, 0.5) is 0 Å². The van der Waals surface area contributed by atoms with Gasteiger partial charge in [-0.15, -0.1) is 0 Å². The first-order valence-corrected chi connectivity index (χ1v) is 5.91. The van der Waals surface area contributed by atoms with Crippen LogP contribution in [0.3, 0.4) is 0 Å². The molecule has 0 aromatic heterocycles. The predicted molar refractivity (Wildman–Crippen MR) is 67.0 cm³/mol. The third kappa shape index (κ3) is 3.67. The molecule has 0 saturated carbocycles. The fraction of sp³-hybridized carbons (Fsp3) is 0.571. The molecule has 15 heavy (non-hydrogen) atoms. The minimum atomic E-state index is 0.661. The maximum Gasteiger partial charge on any atom is -0.00771 e. The van der Waals surface area contributed by atoms with Gasteiger partial charge in [-0.2, -0.15) is 0 Å². The first kappa shape index (κ1) is 12.3. The van der Waals surface area contributed by atoms with Crippen LogP contribution in [-0.4, -0.2) is 6.54 Å². The highest BCUT2D eigenvalue weighted by Gasteiger charge is 2.14. The lowest BCUT2D eigenvalue weighted by Crippen LogP contribution is -2.09. The summed E-state index contributed by atoms with van der Waals surface area (Å²) in [6.45, 7) is 7.52. The van der Waals surface area contributed by atoms with E-state index in [1.54, 1.807) is 0 Å². The molecule has 0 bridgehead atoms. The molecule has 1 unspecified atom stereocenters. The third-order valence-electron chi connectivity index (χ3n) is 3.03. The minimum Gasteiger partial charge on any atom is -0.330 e.